The van der Waals surface area contributed by atoms with Crippen LogP contribution in [0.2, 0.25) is 0 Å². The zero-order chi connectivity index (χ0) is 17.0. The van der Waals surface area contributed by atoms with Gasteiger partial charge in [0.2, 0.25) is 10.0 Å². The Hall–Kier alpha value is -1.60. The van der Waals surface area contributed by atoms with Gasteiger partial charge in [0.05, 0.1) is 17.4 Å². The van der Waals surface area contributed by atoms with Crippen LogP contribution < -0.4 is 5.73 Å². The molecule has 1 aromatic carbocycles. The lowest BCUT2D eigenvalue weighted by molar-refractivity contribution is -0.150. The lowest BCUT2D eigenvalue weighted by Gasteiger charge is -2.30. The van der Waals surface area contributed by atoms with E-state index >= 15 is 0 Å². The summed E-state index contributed by atoms with van der Waals surface area (Å²) in [4.78, 5) is 12.2. The molecule has 0 amide bonds. The summed E-state index contributed by atoms with van der Waals surface area (Å²) in [5.41, 5.74) is 6.11. The molecule has 0 bridgehead atoms. The van der Waals surface area contributed by atoms with Gasteiger partial charge in [-0.15, -0.1) is 0 Å². The van der Waals surface area contributed by atoms with Gasteiger partial charge in [0, 0.05) is 18.8 Å². The van der Waals surface area contributed by atoms with Gasteiger partial charge in [0.15, 0.2) is 0 Å². The summed E-state index contributed by atoms with van der Waals surface area (Å²) >= 11 is 0. The predicted octanol–water partition coefficient (Wildman–Crippen LogP) is 1.87. The van der Waals surface area contributed by atoms with Crippen LogP contribution in [0.4, 0.5) is 5.69 Å². The minimum absolute atomic E-state index is 0.216. The number of nitrogens with two attached hydrogens (primary N) is 1. The van der Waals surface area contributed by atoms with E-state index in [0.29, 0.717) is 44.1 Å². The molecular weight excluding hydrogens is 316 g/mol. The van der Waals surface area contributed by atoms with E-state index in [-0.39, 0.29) is 16.8 Å². The molecule has 1 fully saturated rings. The van der Waals surface area contributed by atoms with Crippen molar-refractivity contribution in [2.24, 2.45) is 11.8 Å². The van der Waals surface area contributed by atoms with E-state index in [1.165, 1.54) is 16.4 Å². The third-order valence-corrected chi connectivity index (χ3v) is 5.78. The Bertz CT molecular complexity index is 633. The fraction of sp³-hybridized carbons (Fsp3) is 0.562. The molecular formula is C16H24N2O4S. The highest BCUT2D eigenvalue weighted by molar-refractivity contribution is 7.89. The molecule has 6 nitrogen and oxygen atoms in total. The number of piperidine rings is 1. The third kappa shape index (κ3) is 4.45. The predicted molar refractivity (Wildman–Crippen MR) is 88.1 cm³/mol. The maximum Gasteiger partial charge on any atom is 0.309 e. The number of benzene rings is 1. The van der Waals surface area contributed by atoms with Gasteiger partial charge in [-0.3, -0.25) is 4.79 Å². The molecule has 0 radical (unpaired) electrons. The zero-order valence-electron chi connectivity index (χ0n) is 13.6. The Kier molecular flexibility index (Phi) is 5.64. The second kappa shape index (κ2) is 7.31. The quantitative estimate of drug-likeness (QED) is 0.653. The van der Waals surface area contributed by atoms with Crippen LogP contribution >= 0.6 is 0 Å². The molecule has 0 saturated carbocycles. The van der Waals surface area contributed by atoms with Gasteiger partial charge in [0.25, 0.3) is 0 Å². The molecule has 128 valence electrons. The Balaban J connectivity index is 1.95. The SMILES string of the molecule is CC(C)COC(=O)C1CCN(S(=O)(=O)c2ccc(N)cc2)CC1. The van der Waals surface area contributed by atoms with Gasteiger partial charge < -0.3 is 10.5 Å². The van der Waals surface area contributed by atoms with E-state index in [2.05, 4.69) is 0 Å². The second-order valence-corrected chi connectivity index (χ2v) is 8.21. The number of carbonyl (C=O) groups excluding carboxylic acids is 1. The van der Waals surface area contributed by atoms with Gasteiger partial charge in [-0.1, -0.05) is 13.8 Å². The molecule has 2 N–H and O–H groups in total. The fourth-order valence-electron chi connectivity index (χ4n) is 2.49. The first-order valence-corrected chi connectivity index (χ1v) is 9.27. The first-order valence-electron chi connectivity index (χ1n) is 7.83. The van der Waals surface area contributed by atoms with E-state index in [1.54, 1.807) is 12.1 Å². The lowest BCUT2D eigenvalue weighted by Crippen LogP contribution is -2.40. The number of carbonyl (C=O) groups is 1. The van der Waals surface area contributed by atoms with Crippen molar-refractivity contribution in [3.8, 4) is 0 Å². The number of nitrogens with zero attached hydrogens (tertiary/aromatic N) is 1. The fourth-order valence-corrected chi connectivity index (χ4v) is 3.96. The van der Waals surface area contributed by atoms with Crippen molar-refractivity contribution < 1.29 is 17.9 Å². The van der Waals surface area contributed by atoms with E-state index < -0.39 is 10.0 Å². The van der Waals surface area contributed by atoms with Crippen LogP contribution in [0.3, 0.4) is 0 Å². The van der Waals surface area contributed by atoms with Gasteiger partial charge in [-0.05, 0) is 43.0 Å². The number of sulfonamides is 1. The largest absolute Gasteiger partial charge is 0.465 e. The summed E-state index contributed by atoms with van der Waals surface area (Å²) in [5, 5.41) is 0. The Morgan fingerprint density at radius 3 is 2.35 bits per heavy atom. The van der Waals surface area contributed by atoms with Crippen molar-refractivity contribution in [1.82, 2.24) is 4.31 Å². The summed E-state index contributed by atoms with van der Waals surface area (Å²) < 4.78 is 31.8. The Morgan fingerprint density at radius 1 is 1.26 bits per heavy atom. The standard InChI is InChI=1S/C16H24N2O4S/c1-12(2)11-22-16(19)13-7-9-18(10-8-13)23(20,21)15-5-3-14(17)4-6-15/h3-6,12-13H,7-11,17H2,1-2H3. The topological polar surface area (TPSA) is 89.7 Å². The summed E-state index contributed by atoms with van der Waals surface area (Å²) in [6.07, 6.45) is 0.982. The van der Waals surface area contributed by atoms with E-state index in [4.69, 9.17) is 10.5 Å². The maximum absolute atomic E-state index is 12.6. The van der Waals surface area contributed by atoms with Crippen LogP contribution in [0.1, 0.15) is 26.7 Å². The molecule has 1 aromatic rings. The molecule has 7 heteroatoms. The molecule has 1 aliphatic rings. The summed E-state index contributed by atoms with van der Waals surface area (Å²) in [6.45, 7) is 5.02. The first kappa shape index (κ1) is 17.7. The second-order valence-electron chi connectivity index (χ2n) is 6.27. The normalized spacial score (nSPS) is 17.3. The summed E-state index contributed by atoms with van der Waals surface area (Å²) in [5.74, 6) is -0.139. The van der Waals surface area contributed by atoms with Gasteiger partial charge >= 0.3 is 5.97 Å². The van der Waals surface area contributed by atoms with Crippen molar-refractivity contribution >= 4 is 21.7 Å². The molecule has 0 atom stereocenters. The van der Waals surface area contributed by atoms with Gasteiger partial charge in [-0.25, -0.2) is 8.42 Å². The molecule has 1 heterocycles. The van der Waals surface area contributed by atoms with Crippen LogP contribution in [0.15, 0.2) is 29.2 Å². The molecule has 0 aliphatic carbocycles. The highest BCUT2D eigenvalue weighted by atomic mass is 32.2. The molecule has 23 heavy (non-hydrogen) atoms. The molecule has 0 aromatic heterocycles. The van der Waals surface area contributed by atoms with Crippen LogP contribution in [0, 0.1) is 11.8 Å². The number of anilines is 1. The third-order valence-electron chi connectivity index (χ3n) is 3.86. The van der Waals surface area contributed by atoms with E-state index in [0.717, 1.165) is 0 Å². The number of rotatable bonds is 5. The molecule has 1 saturated heterocycles. The van der Waals surface area contributed by atoms with Gasteiger partial charge in [0.1, 0.15) is 0 Å². The number of hydrogen-bond donors (Lipinski definition) is 1. The molecule has 0 spiro atoms. The lowest BCUT2D eigenvalue weighted by atomic mass is 9.98. The number of hydrogen-bond acceptors (Lipinski definition) is 5. The monoisotopic (exact) mass is 340 g/mol. The zero-order valence-corrected chi connectivity index (χ0v) is 14.4. The maximum atomic E-state index is 12.6. The summed E-state index contributed by atoms with van der Waals surface area (Å²) in [6, 6.07) is 6.16. The van der Waals surface area contributed by atoms with Crippen molar-refractivity contribution in [2.45, 2.75) is 31.6 Å². The smallest absolute Gasteiger partial charge is 0.309 e. The van der Waals surface area contributed by atoms with Crippen LogP contribution in [0.5, 0.6) is 0 Å². The number of nitrogen functional groups attached to an aromatic ring is 1. The van der Waals surface area contributed by atoms with Crippen LogP contribution in [0.25, 0.3) is 0 Å². The van der Waals surface area contributed by atoms with E-state index in [9.17, 15) is 13.2 Å². The first-order chi connectivity index (χ1) is 10.8. The average molecular weight is 340 g/mol. The Labute approximate surface area is 137 Å². The highest BCUT2D eigenvalue weighted by Crippen LogP contribution is 2.25. The summed E-state index contributed by atoms with van der Waals surface area (Å²) in [7, 11) is -3.53. The molecule has 2 rings (SSSR count). The average Bonchev–Trinajstić information content (AvgIpc) is 2.53. The van der Waals surface area contributed by atoms with Gasteiger partial charge in [-0.2, -0.15) is 4.31 Å². The van der Waals surface area contributed by atoms with Crippen LogP contribution in [-0.2, 0) is 19.6 Å². The Morgan fingerprint density at radius 2 is 1.83 bits per heavy atom. The minimum atomic E-state index is -3.53. The van der Waals surface area contributed by atoms with Crippen molar-refractivity contribution in [3.05, 3.63) is 24.3 Å². The molecule has 1 aliphatic heterocycles. The van der Waals surface area contributed by atoms with Crippen molar-refractivity contribution in [2.75, 3.05) is 25.4 Å². The molecule has 0 unspecified atom stereocenters. The number of esters is 1. The van der Waals surface area contributed by atoms with Crippen molar-refractivity contribution in [3.63, 3.8) is 0 Å². The van der Waals surface area contributed by atoms with E-state index in [1.807, 2.05) is 13.8 Å². The minimum Gasteiger partial charge on any atom is -0.465 e. The van der Waals surface area contributed by atoms with Crippen molar-refractivity contribution in [1.29, 1.82) is 0 Å². The van der Waals surface area contributed by atoms with Crippen LogP contribution in [-0.4, -0.2) is 38.4 Å². The highest BCUT2D eigenvalue weighted by Gasteiger charge is 2.32. The number of ether oxygens (including phenoxy) is 1.